The van der Waals surface area contributed by atoms with Crippen LogP contribution in [0.15, 0.2) is 0 Å². The summed E-state index contributed by atoms with van der Waals surface area (Å²) in [6.45, 7) is 7.52. The van der Waals surface area contributed by atoms with Gasteiger partial charge in [-0.3, -0.25) is 4.79 Å². The van der Waals surface area contributed by atoms with E-state index in [1.165, 1.54) is 0 Å². The molecular weight excluding hydrogens is 206 g/mol. The lowest BCUT2D eigenvalue weighted by molar-refractivity contribution is -0.135. The van der Waals surface area contributed by atoms with Crippen LogP contribution in [0.25, 0.3) is 0 Å². The third-order valence-electron chi connectivity index (χ3n) is 2.82. The first-order valence-corrected chi connectivity index (χ1v) is 6.25. The van der Waals surface area contributed by atoms with Crippen molar-refractivity contribution >= 4 is 5.91 Å². The van der Waals surface area contributed by atoms with Gasteiger partial charge in [-0.25, -0.2) is 0 Å². The van der Waals surface area contributed by atoms with Crippen molar-refractivity contribution in [3.05, 3.63) is 0 Å². The van der Waals surface area contributed by atoms with Crippen LogP contribution in [0.1, 0.15) is 33.1 Å². The zero-order valence-electron chi connectivity index (χ0n) is 10.4. The van der Waals surface area contributed by atoms with Crippen LogP contribution >= 0.6 is 0 Å². The second-order valence-electron chi connectivity index (χ2n) is 4.03. The fourth-order valence-electron chi connectivity index (χ4n) is 1.94. The lowest BCUT2D eigenvalue weighted by Gasteiger charge is -2.32. The maximum atomic E-state index is 11.5. The number of carbonyl (C=O) groups excluding carboxylic acids is 1. The molecule has 1 fully saturated rings. The zero-order valence-corrected chi connectivity index (χ0v) is 10.4. The normalized spacial score (nSPS) is 21.1. The Balaban J connectivity index is 2.20. The van der Waals surface area contributed by atoms with E-state index in [9.17, 15) is 4.79 Å². The second-order valence-corrected chi connectivity index (χ2v) is 4.03. The monoisotopic (exact) mass is 229 g/mol. The average Bonchev–Trinajstić information content (AvgIpc) is 2.34. The largest absolute Gasteiger partial charge is 0.379 e. The van der Waals surface area contributed by atoms with Crippen molar-refractivity contribution in [2.75, 3.05) is 32.9 Å². The van der Waals surface area contributed by atoms with Gasteiger partial charge in [0.2, 0.25) is 5.91 Å². The SMILES string of the molecule is CCOCCOC1CCCN(C(=O)CC)C1. The van der Waals surface area contributed by atoms with Crippen LogP contribution in [0.2, 0.25) is 0 Å². The van der Waals surface area contributed by atoms with E-state index in [4.69, 9.17) is 9.47 Å². The summed E-state index contributed by atoms with van der Waals surface area (Å²) in [5, 5.41) is 0. The van der Waals surface area contributed by atoms with Crippen molar-refractivity contribution in [2.45, 2.75) is 39.2 Å². The minimum absolute atomic E-state index is 0.199. The fraction of sp³-hybridized carbons (Fsp3) is 0.917. The Kier molecular flexibility index (Phi) is 6.42. The molecule has 0 bridgehead atoms. The van der Waals surface area contributed by atoms with Gasteiger partial charge in [0.25, 0.3) is 0 Å². The molecule has 1 amide bonds. The third kappa shape index (κ3) is 4.49. The molecule has 0 radical (unpaired) electrons. The Bertz CT molecular complexity index is 208. The summed E-state index contributed by atoms with van der Waals surface area (Å²) in [4.78, 5) is 13.4. The summed E-state index contributed by atoms with van der Waals surface area (Å²) in [7, 11) is 0. The highest BCUT2D eigenvalue weighted by Gasteiger charge is 2.22. The molecule has 4 nitrogen and oxygen atoms in total. The Morgan fingerprint density at radius 3 is 2.88 bits per heavy atom. The number of carbonyl (C=O) groups is 1. The molecule has 4 heteroatoms. The molecule has 1 aliphatic heterocycles. The minimum atomic E-state index is 0.199. The van der Waals surface area contributed by atoms with Crippen molar-refractivity contribution < 1.29 is 14.3 Å². The lowest BCUT2D eigenvalue weighted by Crippen LogP contribution is -2.43. The van der Waals surface area contributed by atoms with E-state index in [0.717, 1.165) is 32.5 Å². The van der Waals surface area contributed by atoms with E-state index >= 15 is 0 Å². The van der Waals surface area contributed by atoms with Gasteiger partial charge in [0, 0.05) is 26.1 Å². The molecule has 0 saturated carbocycles. The summed E-state index contributed by atoms with van der Waals surface area (Å²) in [5.41, 5.74) is 0. The van der Waals surface area contributed by atoms with Crippen molar-refractivity contribution in [2.24, 2.45) is 0 Å². The van der Waals surface area contributed by atoms with Gasteiger partial charge in [0.05, 0.1) is 19.3 Å². The molecule has 94 valence electrons. The van der Waals surface area contributed by atoms with E-state index in [-0.39, 0.29) is 12.0 Å². The number of piperidine rings is 1. The van der Waals surface area contributed by atoms with Gasteiger partial charge in [0.1, 0.15) is 0 Å². The van der Waals surface area contributed by atoms with Gasteiger partial charge in [-0.05, 0) is 19.8 Å². The van der Waals surface area contributed by atoms with Gasteiger partial charge in [-0.1, -0.05) is 6.92 Å². The molecule has 0 N–H and O–H groups in total. The van der Waals surface area contributed by atoms with Gasteiger partial charge in [-0.2, -0.15) is 0 Å². The average molecular weight is 229 g/mol. The number of hydrogen-bond acceptors (Lipinski definition) is 3. The molecule has 1 atom stereocenters. The first kappa shape index (κ1) is 13.5. The Labute approximate surface area is 97.9 Å². The maximum Gasteiger partial charge on any atom is 0.222 e. The number of amides is 1. The number of ether oxygens (including phenoxy) is 2. The zero-order chi connectivity index (χ0) is 11.8. The second kappa shape index (κ2) is 7.63. The van der Waals surface area contributed by atoms with Gasteiger partial charge in [-0.15, -0.1) is 0 Å². The standard InChI is InChI=1S/C12H23NO3/c1-3-12(14)13-7-5-6-11(10-13)16-9-8-15-4-2/h11H,3-10H2,1-2H3. The van der Waals surface area contributed by atoms with Crippen LogP contribution in [0.3, 0.4) is 0 Å². The fourth-order valence-corrected chi connectivity index (χ4v) is 1.94. The molecule has 0 aromatic rings. The summed E-state index contributed by atoms with van der Waals surface area (Å²) < 4.78 is 10.9. The Morgan fingerprint density at radius 2 is 2.19 bits per heavy atom. The van der Waals surface area contributed by atoms with Crippen LogP contribution in [0.4, 0.5) is 0 Å². The van der Waals surface area contributed by atoms with Gasteiger partial charge < -0.3 is 14.4 Å². The van der Waals surface area contributed by atoms with Crippen LogP contribution in [0.5, 0.6) is 0 Å². The molecular formula is C12H23NO3. The third-order valence-corrected chi connectivity index (χ3v) is 2.82. The molecule has 1 saturated heterocycles. The van der Waals surface area contributed by atoms with E-state index < -0.39 is 0 Å². The van der Waals surface area contributed by atoms with Gasteiger partial charge in [0.15, 0.2) is 0 Å². The molecule has 1 rings (SSSR count). The number of rotatable bonds is 6. The highest BCUT2D eigenvalue weighted by atomic mass is 16.5. The van der Waals surface area contributed by atoms with Crippen molar-refractivity contribution in [3.8, 4) is 0 Å². The molecule has 0 aliphatic carbocycles. The van der Waals surface area contributed by atoms with E-state index in [1.54, 1.807) is 0 Å². The molecule has 16 heavy (non-hydrogen) atoms. The molecule has 1 unspecified atom stereocenters. The molecule has 0 aromatic carbocycles. The van der Waals surface area contributed by atoms with Crippen molar-refractivity contribution in [1.29, 1.82) is 0 Å². The van der Waals surface area contributed by atoms with Gasteiger partial charge >= 0.3 is 0 Å². The quantitative estimate of drug-likeness (QED) is 0.647. The predicted molar refractivity (Wildman–Crippen MR) is 62.3 cm³/mol. The summed E-state index contributed by atoms with van der Waals surface area (Å²) in [5.74, 6) is 0.234. The van der Waals surface area contributed by atoms with E-state index in [1.807, 2.05) is 18.7 Å². The number of likely N-dealkylation sites (tertiary alicyclic amines) is 1. The van der Waals surface area contributed by atoms with Crippen LogP contribution in [-0.2, 0) is 14.3 Å². The van der Waals surface area contributed by atoms with E-state index in [2.05, 4.69) is 0 Å². The Hall–Kier alpha value is -0.610. The highest BCUT2D eigenvalue weighted by Crippen LogP contribution is 2.13. The molecule has 1 heterocycles. The minimum Gasteiger partial charge on any atom is -0.379 e. The van der Waals surface area contributed by atoms with Crippen LogP contribution < -0.4 is 0 Å². The lowest BCUT2D eigenvalue weighted by atomic mass is 10.1. The van der Waals surface area contributed by atoms with E-state index in [0.29, 0.717) is 19.6 Å². The summed E-state index contributed by atoms with van der Waals surface area (Å²) in [6, 6.07) is 0. The predicted octanol–water partition coefficient (Wildman–Crippen LogP) is 1.44. The first-order valence-electron chi connectivity index (χ1n) is 6.25. The highest BCUT2D eigenvalue weighted by molar-refractivity contribution is 5.75. The maximum absolute atomic E-state index is 11.5. The first-order chi connectivity index (χ1) is 7.77. The molecule has 1 aliphatic rings. The molecule has 0 aromatic heterocycles. The summed E-state index contributed by atoms with van der Waals surface area (Å²) in [6.07, 6.45) is 2.89. The number of nitrogens with zero attached hydrogens (tertiary/aromatic N) is 1. The molecule has 0 spiro atoms. The van der Waals surface area contributed by atoms with Crippen LogP contribution in [0, 0.1) is 0 Å². The topological polar surface area (TPSA) is 38.8 Å². The smallest absolute Gasteiger partial charge is 0.222 e. The summed E-state index contributed by atoms with van der Waals surface area (Å²) >= 11 is 0. The Morgan fingerprint density at radius 1 is 1.38 bits per heavy atom. The number of hydrogen-bond donors (Lipinski definition) is 0. The van der Waals surface area contributed by atoms with Crippen molar-refractivity contribution in [1.82, 2.24) is 4.90 Å². The van der Waals surface area contributed by atoms with Crippen LogP contribution in [-0.4, -0.2) is 49.8 Å². The van der Waals surface area contributed by atoms with Crippen molar-refractivity contribution in [3.63, 3.8) is 0 Å².